The van der Waals surface area contributed by atoms with E-state index in [1.165, 1.54) is 4.80 Å². The molecule has 0 unspecified atom stereocenters. The average Bonchev–Trinajstić information content (AvgIpc) is 2.35. The van der Waals surface area contributed by atoms with Crippen LogP contribution in [-0.4, -0.2) is 62.3 Å². The van der Waals surface area contributed by atoms with E-state index in [-0.39, 0.29) is 29.6 Å². The maximum absolute atomic E-state index is 10.2. The summed E-state index contributed by atoms with van der Waals surface area (Å²) in [6.07, 6.45) is 0. The van der Waals surface area contributed by atoms with Crippen molar-refractivity contribution in [3.8, 4) is 0 Å². The Balaban J connectivity index is 0.00000144. The summed E-state index contributed by atoms with van der Waals surface area (Å²) in [5, 5.41) is 13.6. The second-order valence-electron chi connectivity index (χ2n) is 1.98. The van der Waals surface area contributed by atoms with Crippen LogP contribution in [-0.2, 0) is 6.54 Å². The van der Waals surface area contributed by atoms with E-state index < -0.39 is 6.03 Å². The summed E-state index contributed by atoms with van der Waals surface area (Å²) in [4.78, 5) is 11.5. The van der Waals surface area contributed by atoms with Gasteiger partial charge in [-0.15, -0.1) is 10.2 Å². The second kappa shape index (κ2) is 6.19. The SMILES string of the molecule is NC(=O)NCCn1nnc(S)n1.[NaH]. The number of nitrogens with two attached hydrogens (primary N) is 1. The average molecular weight is 212 g/mol. The van der Waals surface area contributed by atoms with Crippen molar-refractivity contribution in [2.75, 3.05) is 6.54 Å². The molecule has 0 spiro atoms. The fraction of sp³-hybridized carbons (Fsp3) is 0.500. The molecular formula is C4H9N6NaOS. The van der Waals surface area contributed by atoms with Gasteiger partial charge in [-0.3, -0.25) is 0 Å². The van der Waals surface area contributed by atoms with Gasteiger partial charge in [0.1, 0.15) is 0 Å². The van der Waals surface area contributed by atoms with Crippen molar-refractivity contribution in [3.05, 3.63) is 0 Å². The summed E-state index contributed by atoms with van der Waals surface area (Å²) in [5.74, 6) is 0. The van der Waals surface area contributed by atoms with Crippen molar-refractivity contribution in [1.29, 1.82) is 0 Å². The third-order valence-electron chi connectivity index (χ3n) is 1.05. The molecule has 0 aromatic carbocycles. The Hall–Kier alpha value is -0.310. The van der Waals surface area contributed by atoms with E-state index in [1.54, 1.807) is 0 Å². The first kappa shape index (κ1) is 12.7. The van der Waals surface area contributed by atoms with Gasteiger partial charge in [-0.25, -0.2) is 4.79 Å². The summed E-state index contributed by atoms with van der Waals surface area (Å²) < 4.78 is 0. The standard InChI is InChI=1S/C4H8N6OS.Na.H/c5-3(11)6-1-2-10-8-4(12)7-9-10;;/h1-2H2,(H,8,12)(H3,5,6,11);;. The number of rotatable bonds is 3. The third-order valence-corrected chi connectivity index (χ3v) is 1.23. The van der Waals surface area contributed by atoms with Crippen molar-refractivity contribution in [2.24, 2.45) is 5.73 Å². The molecule has 2 amide bonds. The van der Waals surface area contributed by atoms with Gasteiger partial charge in [-0.1, -0.05) is 12.6 Å². The van der Waals surface area contributed by atoms with Crippen LogP contribution in [0.5, 0.6) is 0 Å². The molecule has 1 rings (SSSR count). The van der Waals surface area contributed by atoms with Gasteiger partial charge in [0, 0.05) is 6.54 Å². The van der Waals surface area contributed by atoms with Crippen molar-refractivity contribution in [3.63, 3.8) is 0 Å². The van der Waals surface area contributed by atoms with Gasteiger partial charge in [0.2, 0.25) is 5.16 Å². The first-order chi connectivity index (χ1) is 5.68. The Bertz CT molecular complexity index is 277. The predicted octanol–water partition coefficient (Wildman–Crippen LogP) is -2.02. The van der Waals surface area contributed by atoms with E-state index in [0.717, 1.165) is 0 Å². The minimum atomic E-state index is -0.568. The van der Waals surface area contributed by atoms with Crippen LogP contribution in [0.4, 0.5) is 4.79 Å². The molecule has 3 N–H and O–H groups in total. The number of nitrogens with zero attached hydrogens (tertiary/aromatic N) is 4. The molecule has 9 heteroatoms. The van der Waals surface area contributed by atoms with Gasteiger partial charge >= 0.3 is 35.6 Å². The molecule has 7 nitrogen and oxygen atoms in total. The number of urea groups is 1. The molecule has 1 heterocycles. The van der Waals surface area contributed by atoms with Crippen molar-refractivity contribution in [2.45, 2.75) is 11.7 Å². The zero-order valence-corrected chi connectivity index (χ0v) is 7.03. The van der Waals surface area contributed by atoms with Crippen LogP contribution < -0.4 is 11.1 Å². The molecule has 1 aromatic rings. The summed E-state index contributed by atoms with van der Waals surface area (Å²) in [7, 11) is 0. The Morgan fingerprint density at radius 3 is 2.85 bits per heavy atom. The molecule has 0 aliphatic rings. The number of amides is 2. The summed E-state index contributed by atoms with van der Waals surface area (Å²) in [5.41, 5.74) is 4.83. The normalized spacial score (nSPS) is 9.00. The molecular weight excluding hydrogens is 203 g/mol. The van der Waals surface area contributed by atoms with Crippen LogP contribution in [0.25, 0.3) is 0 Å². The van der Waals surface area contributed by atoms with Crippen molar-refractivity contribution in [1.82, 2.24) is 25.5 Å². The van der Waals surface area contributed by atoms with Crippen LogP contribution in [0.15, 0.2) is 5.16 Å². The molecule has 0 radical (unpaired) electrons. The molecule has 0 aliphatic heterocycles. The molecule has 1 aromatic heterocycles. The Morgan fingerprint density at radius 2 is 2.38 bits per heavy atom. The Labute approximate surface area is 102 Å². The van der Waals surface area contributed by atoms with Gasteiger partial charge in [0.15, 0.2) is 0 Å². The number of tetrazole rings is 1. The number of hydrogen-bond acceptors (Lipinski definition) is 5. The number of aromatic nitrogens is 4. The topological polar surface area (TPSA) is 98.7 Å². The molecule has 0 saturated carbocycles. The number of thiol groups is 1. The van der Waals surface area contributed by atoms with Gasteiger partial charge in [-0.2, -0.15) is 4.80 Å². The van der Waals surface area contributed by atoms with Gasteiger partial charge in [0.25, 0.3) is 0 Å². The molecule has 0 bridgehead atoms. The number of carbonyl (C=O) groups excluding carboxylic acids is 1. The van der Waals surface area contributed by atoms with Crippen LogP contribution >= 0.6 is 12.6 Å². The van der Waals surface area contributed by atoms with E-state index >= 15 is 0 Å². The number of hydrogen-bond donors (Lipinski definition) is 3. The predicted molar refractivity (Wildman–Crippen MR) is 49.8 cm³/mol. The third kappa shape index (κ3) is 5.09. The molecule has 13 heavy (non-hydrogen) atoms. The van der Waals surface area contributed by atoms with E-state index in [9.17, 15) is 4.79 Å². The van der Waals surface area contributed by atoms with E-state index in [0.29, 0.717) is 18.2 Å². The number of nitrogens with one attached hydrogen (secondary N) is 1. The molecule has 68 valence electrons. The molecule has 0 fully saturated rings. The maximum atomic E-state index is 10.2. The monoisotopic (exact) mass is 212 g/mol. The van der Waals surface area contributed by atoms with Crippen LogP contribution in [0.3, 0.4) is 0 Å². The van der Waals surface area contributed by atoms with Crippen LogP contribution in [0.2, 0.25) is 0 Å². The zero-order chi connectivity index (χ0) is 8.97. The van der Waals surface area contributed by atoms with Crippen molar-refractivity contribution < 1.29 is 4.79 Å². The van der Waals surface area contributed by atoms with E-state index in [4.69, 9.17) is 5.73 Å². The molecule has 0 saturated heterocycles. The number of carbonyl (C=O) groups is 1. The fourth-order valence-electron chi connectivity index (χ4n) is 0.609. The van der Waals surface area contributed by atoms with E-state index in [2.05, 4.69) is 33.4 Å². The minimum absolute atomic E-state index is 0. The first-order valence-electron chi connectivity index (χ1n) is 3.18. The molecule has 0 aliphatic carbocycles. The molecule has 0 atom stereocenters. The van der Waals surface area contributed by atoms with Gasteiger partial charge < -0.3 is 11.1 Å². The zero-order valence-electron chi connectivity index (χ0n) is 6.14. The summed E-state index contributed by atoms with van der Waals surface area (Å²) >= 11 is 3.85. The Kier molecular flexibility index (Phi) is 6.04. The van der Waals surface area contributed by atoms with Gasteiger partial charge in [-0.05, 0) is 5.21 Å². The van der Waals surface area contributed by atoms with Crippen LogP contribution in [0.1, 0.15) is 0 Å². The quantitative estimate of drug-likeness (QED) is 0.398. The fourth-order valence-corrected chi connectivity index (χ4v) is 0.752. The summed E-state index contributed by atoms with van der Waals surface area (Å²) in [6.45, 7) is 0.801. The van der Waals surface area contributed by atoms with Gasteiger partial charge in [0.05, 0.1) is 6.54 Å². The Morgan fingerprint density at radius 1 is 1.69 bits per heavy atom. The first-order valence-corrected chi connectivity index (χ1v) is 3.63. The van der Waals surface area contributed by atoms with Crippen molar-refractivity contribution >= 4 is 48.2 Å². The summed E-state index contributed by atoms with van der Waals surface area (Å²) in [6, 6.07) is -0.568. The van der Waals surface area contributed by atoms with E-state index in [1.807, 2.05) is 0 Å². The van der Waals surface area contributed by atoms with Crippen LogP contribution in [0, 0.1) is 0 Å². The second-order valence-corrected chi connectivity index (χ2v) is 2.38. The number of primary amides is 1.